The maximum Gasteiger partial charge on any atom is 0.125 e. The second kappa shape index (κ2) is 4.44. The summed E-state index contributed by atoms with van der Waals surface area (Å²) in [6.07, 6.45) is 0. The van der Waals surface area contributed by atoms with E-state index in [9.17, 15) is 4.39 Å². The summed E-state index contributed by atoms with van der Waals surface area (Å²) in [5, 5.41) is 3.51. The van der Waals surface area contributed by atoms with E-state index in [1.165, 1.54) is 18.2 Å². The van der Waals surface area contributed by atoms with Gasteiger partial charge in [0.25, 0.3) is 0 Å². The van der Waals surface area contributed by atoms with Crippen LogP contribution >= 0.6 is 11.6 Å². The van der Waals surface area contributed by atoms with E-state index in [4.69, 9.17) is 17.3 Å². The molecular weight excluding hydrogens is 191 g/mol. The maximum absolute atomic E-state index is 12.8. The van der Waals surface area contributed by atoms with Gasteiger partial charge in [0.05, 0.1) is 10.7 Å². The monoisotopic (exact) mass is 202 g/mol. The molecule has 0 aliphatic heterocycles. The first kappa shape index (κ1) is 10.3. The first-order valence-electron chi connectivity index (χ1n) is 4.05. The summed E-state index contributed by atoms with van der Waals surface area (Å²) in [5.41, 5.74) is 5.99. The molecule has 0 amide bonds. The van der Waals surface area contributed by atoms with Crippen molar-refractivity contribution >= 4 is 17.3 Å². The first-order valence-corrected chi connectivity index (χ1v) is 4.43. The molecule has 0 aromatic heterocycles. The van der Waals surface area contributed by atoms with Gasteiger partial charge in [-0.25, -0.2) is 4.39 Å². The summed E-state index contributed by atoms with van der Waals surface area (Å²) in [4.78, 5) is 0. The largest absolute Gasteiger partial charge is 0.380 e. The SMILES string of the molecule is CC(CN)Nc1cc(F)ccc1Cl. The molecule has 0 aliphatic rings. The van der Waals surface area contributed by atoms with Crippen LogP contribution < -0.4 is 11.1 Å². The Kier molecular flexibility index (Phi) is 3.51. The van der Waals surface area contributed by atoms with Crippen molar-refractivity contribution in [2.24, 2.45) is 5.73 Å². The molecule has 13 heavy (non-hydrogen) atoms. The number of rotatable bonds is 3. The standard InChI is InChI=1S/C9H12ClFN2/c1-6(5-12)13-9-4-7(11)2-3-8(9)10/h2-4,6,13H,5,12H2,1H3. The van der Waals surface area contributed by atoms with E-state index in [-0.39, 0.29) is 11.9 Å². The minimum atomic E-state index is -0.309. The van der Waals surface area contributed by atoms with Crippen molar-refractivity contribution in [1.29, 1.82) is 0 Å². The summed E-state index contributed by atoms with van der Waals surface area (Å²) in [6, 6.07) is 4.27. The van der Waals surface area contributed by atoms with Gasteiger partial charge in [-0.3, -0.25) is 0 Å². The molecule has 0 heterocycles. The average Bonchev–Trinajstić information content (AvgIpc) is 2.11. The smallest absolute Gasteiger partial charge is 0.125 e. The van der Waals surface area contributed by atoms with Gasteiger partial charge in [-0.2, -0.15) is 0 Å². The molecule has 4 heteroatoms. The van der Waals surface area contributed by atoms with Gasteiger partial charge >= 0.3 is 0 Å². The Labute approximate surface area is 81.9 Å². The number of halogens is 2. The normalized spacial score (nSPS) is 12.6. The van der Waals surface area contributed by atoms with Crippen molar-refractivity contribution in [3.63, 3.8) is 0 Å². The van der Waals surface area contributed by atoms with Gasteiger partial charge in [-0.05, 0) is 25.1 Å². The minimum absolute atomic E-state index is 0.0827. The maximum atomic E-state index is 12.8. The van der Waals surface area contributed by atoms with E-state index in [1.807, 2.05) is 6.92 Å². The van der Waals surface area contributed by atoms with Crippen LogP contribution in [0.15, 0.2) is 18.2 Å². The van der Waals surface area contributed by atoms with Gasteiger partial charge < -0.3 is 11.1 Å². The summed E-state index contributed by atoms with van der Waals surface area (Å²) in [6.45, 7) is 2.38. The zero-order valence-electron chi connectivity index (χ0n) is 7.35. The topological polar surface area (TPSA) is 38.0 Å². The zero-order chi connectivity index (χ0) is 9.84. The van der Waals surface area contributed by atoms with Crippen molar-refractivity contribution in [1.82, 2.24) is 0 Å². The lowest BCUT2D eigenvalue weighted by atomic mass is 10.2. The van der Waals surface area contributed by atoms with Crippen molar-refractivity contribution in [3.05, 3.63) is 29.0 Å². The van der Waals surface area contributed by atoms with E-state index in [2.05, 4.69) is 5.32 Å². The Morgan fingerprint density at radius 3 is 2.92 bits per heavy atom. The molecule has 0 aliphatic carbocycles. The van der Waals surface area contributed by atoms with Gasteiger partial charge in [-0.15, -0.1) is 0 Å². The molecule has 0 saturated heterocycles. The van der Waals surface area contributed by atoms with Crippen molar-refractivity contribution in [2.45, 2.75) is 13.0 Å². The van der Waals surface area contributed by atoms with Gasteiger partial charge in [0.1, 0.15) is 5.82 Å². The molecule has 0 fully saturated rings. The Hall–Kier alpha value is -0.800. The second-order valence-corrected chi connectivity index (χ2v) is 3.31. The number of benzene rings is 1. The molecular formula is C9H12ClFN2. The van der Waals surface area contributed by atoms with Crippen molar-refractivity contribution in [3.8, 4) is 0 Å². The van der Waals surface area contributed by atoms with E-state index in [1.54, 1.807) is 0 Å². The average molecular weight is 203 g/mol. The van der Waals surface area contributed by atoms with Crippen LogP contribution in [0.4, 0.5) is 10.1 Å². The number of nitrogens with one attached hydrogen (secondary N) is 1. The quantitative estimate of drug-likeness (QED) is 0.789. The third-order valence-corrected chi connectivity index (χ3v) is 2.01. The van der Waals surface area contributed by atoms with Crippen molar-refractivity contribution < 1.29 is 4.39 Å². The lowest BCUT2D eigenvalue weighted by Gasteiger charge is -2.13. The van der Waals surface area contributed by atoms with Crippen LogP contribution in [0.25, 0.3) is 0 Å². The van der Waals surface area contributed by atoms with E-state index in [0.717, 1.165) is 0 Å². The summed E-state index contributed by atoms with van der Waals surface area (Å²) in [5.74, 6) is -0.309. The van der Waals surface area contributed by atoms with Crippen LogP contribution in [0.3, 0.4) is 0 Å². The van der Waals surface area contributed by atoms with Crippen LogP contribution in [-0.4, -0.2) is 12.6 Å². The number of nitrogens with two attached hydrogens (primary N) is 1. The number of anilines is 1. The lowest BCUT2D eigenvalue weighted by molar-refractivity contribution is 0.628. The van der Waals surface area contributed by atoms with Crippen LogP contribution in [0, 0.1) is 5.82 Å². The highest BCUT2D eigenvalue weighted by atomic mass is 35.5. The molecule has 1 unspecified atom stereocenters. The molecule has 1 aromatic carbocycles. The summed E-state index contributed by atoms with van der Waals surface area (Å²) in [7, 11) is 0. The number of hydrogen-bond donors (Lipinski definition) is 2. The molecule has 0 radical (unpaired) electrons. The summed E-state index contributed by atoms with van der Waals surface area (Å²) >= 11 is 5.83. The molecule has 1 aromatic rings. The third-order valence-electron chi connectivity index (χ3n) is 1.68. The molecule has 72 valence electrons. The van der Waals surface area contributed by atoms with Crippen LogP contribution in [0.1, 0.15) is 6.92 Å². The van der Waals surface area contributed by atoms with Crippen LogP contribution in [0.2, 0.25) is 5.02 Å². The summed E-state index contributed by atoms with van der Waals surface area (Å²) < 4.78 is 12.8. The molecule has 0 spiro atoms. The molecule has 0 saturated carbocycles. The molecule has 0 bridgehead atoms. The van der Waals surface area contributed by atoms with E-state index >= 15 is 0 Å². The van der Waals surface area contributed by atoms with Gasteiger partial charge in [0.2, 0.25) is 0 Å². The zero-order valence-corrected chi connectivity index (χ0v) is 8.11. The van der Waals surface area contributed by atoms with Crippen LogP contribution in [-0.2, 0) is 0 Å². The minimum Gasteiger partial charge on any atom is -0.380 e. The van der Waals surface area contributed by atoms with Crippen molar-refractivity contribution in [2.75, 3.05) is 11.9 Å². The fourth-order valence-electron chi connectivity index (χ4n) is 0.932. The second-order valence-electron chi connectivity index (χ2n) is 2.91. The van der Waals surface area contributed by atoms with Crippen LogP contribution in [0.5, 0.6) is 0 Å². The fraction of sp³-hybridized carbons (Fsp3) is 0.333. The van der Waals surface area contributed by atoms with E-state index < -0.39 is 0 Å². The molecule has 3 N–H and O–H groups in total. The number of hydrogen-bond acceptors (Lipinski definition) is 2. The molecule has 1 atom stereocenters. The predicted molar refractivity (Wildman–Crippen MR) is 53.5 cm³/mol. The molecule has 2 nitrogen and oxygen atoms in total. The highest BCUT2D eigenvalue weighted by Crippen LogP contribution is 2.22. The van der Waals surface area contributed by atoms with Gasteiger partial charge in [-0.1, -0.05) is 11.6 Å². The Bertz CT molecular complexity index is 291. The van der Waals surface area contributed by atoms with Gasteiger partial charge in [0.15, 0.2) is 0 Å². The lowest BCUT2D eigenvalue weighted by Crippen LogP contribution is -2.25. The highest BCUT2D eigenvalue weighted by Gasteiger charge is 2.04. The third kappa shape index (κ3) is 2.86. The Morgan fingerprint density at radius 2 is 2.31 bits per heavy atom. The fourth-order valence-corrected chi connectivity index (χ4v) is 1.10. The first-order chi connectivity index (χ1) is 6.13. The Balaban J connectivity index is 2.81. The predicted octanol–water partition coefficient (Wildman–Crippen LogP) is 2.24. The Morgan fingerprint density at radius 1 is 1.62 bits per heavy atom. The van der Waals surface area contributed by atoms with Gasteiger partial charge in [0, 0.05) is 12.6 Å². The highest BCUT2D eigenvalue weighted by molar-refractivity contribution is 6.33. The van der Waals surface area contributed by atoms with E-state index in [0.29, 0.717) is 17.3 Å². The molecule has 1 rings (SSSR count).